The summed E-state index contributed by atoms with van der Waals surface area (Å²) in [4.78, 5) is 12.0. The fourth-order valence-corrected chi connectivity index (χ4v) is 1.73. The number of hydrogen-bond acceptors (Lipinski definition) is 2. The Kier molecular flexibility index (Phi) is 2.62. The Hall–Kier alpha value is -1.51. The third-order valence-corrected chi connectivity index (χ3v) is 3.18. The van der Waals surface area contributed by atoms with E-state index in [0.717, 1.165) is 29.7 Å². The zero-order chi connectivity index (χ0) is 11.8. The Labute approximate surface area is 96.2 Å². The van der Waals surface area contributed by atoms with Gasteiger partial charge in [0.1, 0.15) is 0 Å². The molecule has 86 valence electrons. The molecule has 1 fully saturated rings. The predicted octanol–water partition coefficient (Wildman–Crippen LogP) is 2.32. The van der Waals surface area contributed by atoms with Crippen molar-refractivity contribution in [3.8, 4) is 0 Å². The van der Waals surface area contributed by atoms with Crippen LogP contribution in [-0.4, -0.2) is 18.5 Å². The van der Waals surface area contributed by atoms with E-state index in [1.807, 2.05) is 32.2 Å². The third-order valence-electron chi connectivity index (χ3n) is 3.18. The zero-order valence-corrected chi connectivity index (χ0v) is 10.1. The Bertz CT molecular complexity index is 422. The molecule has 0 spiro atoms. The first kappa shape index (κ1) is 11.0. The molecule has 0 atom stereocenters. The lowest BCUT2D eigenvalue weighted by molar-refractivity contribution is 0.0935. The molecule has 0 heterocycles. The molecule has 16 heavy (non-hydrogen) atoms. The monoisotopic (exact) mass is 218 g/mol. The van der Waals surface area contributed by atoms with Crippen LogP contribution in [0.1, 0.15) is 35.7 Å². The molecule has 0 aromatic heterocycles. The van der Waals surface area contributed by atoms with Crippen molar-refractivity contribution in [2.24, 2.45) is 0 Å². The van der Waals surface area contributed by atoms with E-state index in [9.17, 15) is 4.79 Å². The molecule has 0 bridgehead atoms. The average molecular weight is 218 g/mol. The highest BCUT2D eigenvalue weighted by Gasteiger charge is 2.38. The molecule has 3 heteroatoms. The maximum Gasteiger partial charge on any atom is 0.251 e. The molecule has 0 unspecified atom stereocenters. The number of carbonyl (C=O) groups is 1. The topological polar surface area (TPSA) is 41.1 Å². The molecule has 0 aliphatic heterocycles. The number of benzene rings is 1. The van der Waals surface area contributed by atoms with Gasteiger partial charge >= 0.3 is 0 Å². The first-order valence-corrected chi connectivity index (χ1v) is 5.65. The highest BCUT2D eigenvalue weighted by Crippen LogP contribution is 2.34. The van der Waals surface area contributed by atoms with Crippen LogP contribution in [0.15, 0.2) is 18.2 Å². The third kappa shape index (κ3) is 2.18. The number of amides is 1. The van der Waals surface area contributed by atoms with Crippen LogP contribution in [-0.2, 0) is 0 Å². The number of aryl methyl sites for hydroxylation is 1. The summed E-state index contributed by atoms with van der Waals surface area (Å²) in [6.07, 6.45) is 2.18. The van der Waals surface area contributed by atoms with E-state index in [1.54, 1.807) is 0 Å². The minimum atomic E-state index is 0.0418. The number of rotatable bonds is 3. The number of hydrogen-bond donors (Lipinski definition) is 2. The van der Waals surface area contributed by atoms with Gasteiger partial charge in [-0.05, 0) is 50.5 Å². The SMILES string of the molecule is CNc1ccc(C(=O)NC2(C)CC2)c(C)c1. The fraction of sp³-hybridized carbons (Fsp3) is 0.462. The Balaban J connectivity index is 2.16. The second kappa shape index (κ2) is 3.81. The summed E-state index contributed by atoms with van der Waals surface area (Å²) in [5, 5.41) is 6.13. The van der Waals surface area contributed by atoms with E-state index in [4.69, 9.17) is 0 Å². The van der Waals surface area contributed by atoms with Crippen molar-refractivity contribution in [2.75, 3.05) is 12.4 Å². The summed E-state index contributed by atoms with van der Waals surface area (Å²) >= 11 is 0. The highest BCUT2D eigenvalue weighted by atomic mass is 16.1. The largest absolute Gasteiger partial charge is 0.388 e. The Morgan fingerprint density at radius 1 is 1.38 bits per heavy atom. The lowest BCUT2D eigenvalue weighted by Gasteiger charge is -2.13. The average Bonchev–Trinajstić information content (AvgIpc) is 2.95. The van der Waals surface area contributed by atoms with Crippen molar-refractivity contribution in [1.82, 2.24) is 5.32 Å². The van der Waals surface area contributed by atoms with Crippen LogP contribution in [0.3, 0.4) is 0 Å². The van der Waals surface area contributed by atoms with Crippen LogP contribution in [0.5, 0.6) is 0 Å². The summed E-state index contributed by atoms with van der Waals surface area (Å²) in [5.41, 5.74) is 2.86. The molecule has 1 aliphatic carbocycles. The highest BCUT2D eigenvalue weighted by molar-refractivity contribution is 5.96. The number of nitrogens with one attached hydrogen (secondary N) is 2. The Morgan fingerprint density at radius 2 is 2.06 bits per heavy atom. The van der Waals surface area contributed by atoms with Gasteiger partial charge in [-0.2, -0.15) is 0 Å². The minimum Gasteiger partial charge on any atom is -0.388 e. The van der Waals surface area contributed by atoms with Gasteiger partial charge in [-0.25, -0.2) is 0 Å². The molecule has 2 N–H and O–H groups in total. The number of anilines is 1. The lowest BCUT2D eigenvalue weighted by atomic mass is 10.1. The van der Waals surface area contributed by atoms with Crippen LogP contribution in [0, 0.1) is 6.92 Å². The van der Waals surface area contributed by atoms with Crippen molar-refractivity contribution in [2.45, 2.75) is 32.2 Å². The molecule has 1 aliphatic rings. The minimum absolute atomic E-state index is 0.0418. The van der Waals surface area contributed by atoms with Crippen LogP contribution < -0.4 is 10.6 Å². The predicted molar refractivity (Wildman–Crippen MR) is 65.8 cm³/mol. The van der Waals surface area contributed by atoms with Gasteiger partial charge in [0.15, 0.2) is 0 Å². The molecule has 2 rings (SSSR count). The van der Waals surface area contributed by atoms with Crippen molar-refractivity contribution in [3.63, 3.8) is 0 Å². The molecule has 1 aromatic rings. The summed E-state index contributed by atoms with van der Waals surface area (Å²) in [6.45, 7) is 4.05. The van der Waals surface area contributed by atoms with E-state index in [0.29, 0.717) is 0 Å². The van der Waals surface area contributed by atoms with Crippen molar-refractivity contribution >= 4 is 11.6 Å². The van der Waals surface area contributed by atoms with Crippen LogP contribution >= 0.6 is 0 Å². The van der Waals surface area contributed by atoms with Crippen LogP contribution in [0.25, 0.3) is 0 Å². The smallest absolute Gasteiger partial charge is 0.251 e. The molecular formula is C13H18N2O. The molecular weight excluding hydrogens is 200 g/mol. The van der Waals surface area contributed by atoms with Crippen LogP contribution in [0.2, 0.25) is 0 Å². The van der Waals surface area contributed by atoms with Gasteiger partial charge in [0.2, 0.25) is 0 Å². The van der Waals surface area contributed by atoms with Crippen molar-refractivity contribution in [1.29, 1.82) is 0 Å². The van der Waals surface area contributed by atoms with E-state index >= 15 is 0 Å². The maximum atomic E-state index is 12.0. The maximum absolute atomic E-state index is 12.0. The Morgan fingerprint density at radius 3 is 2.56 bits per heavy atom. The first-order valence-electron chi connectivity index (χ1n) is 5.65. The first-order chi connectivity index (χ1) is 7.54. The normalized spacial score (nSPS) is 16.7. The van der Waals surface area contributed by atoms with Gasteiger partial charge in [0.05, 0.1) is 0 Å². The standard InChI is InChI=1S/C13H18N2O/c1-9-8-10(14-3)4-5-11(9)12(16)15-13(2)6-7-13/h4-5,8,14H,6-7H2,1-3H3,(H,15,16). The second-order valence-corrected chi connectivity index (χ2v) is 4.79. The number of carbonyl (C=O) groups excluding carboxylic acids is 1. The van der Waals surface area contributed by atoms with Crippen LogP contribution in [0.4, 0.5) is 5.69 Å². The van der Waals surface area contributed by atoms with Gasteiger partial charge in [0, 0.05) is 23.8 Å². The molecule has 1 aromatic carbocycles. The van der Waals surface area contributed by atoms with Crippen molar-refractivity contribution < 1.29 is 4.79 Å². The molecule has 0 radical (unpaired) electrons. The second-order valence-electron chi connectivity index (χ2n) is 4.79. The van der Waals surface area contributed by atoms with Gasteiger partial charge in [0.25, 0.3) is 5.91 Å². The summed E-state index contributed by atoms with van der Waals surface area (Å²) in [5.74, 6) is 0.0418. The lowest BCUT2D eigenvalue weighted by Crippen LogP contribution is -2.34. The van der Waals surface area contributed by atoms with E-state index in [1.165, 1.54) is 0 Å². The zero-order valence-electron chi connectivity index (χ0n) is 10.1. The van der Waals surface area contributed by atoms with E-state index in [-0.39, 0.29) is 11.4 Å². The van der Waals surface area contributed by atoms with Gasteiger partial charge in [-0.3, -0.25) is 4.79 Å². The molecule has 1 amide bonds. The van der Waals surface area contributed by atoms with Gasteiger partial charge in [-0.1, -0.05) is 0 Å². The van der Waals surface area contributed by atoms with E-state index < -0.39 is 0 Å². The summed E-state index contributed by atoms with van der Waals surface area (Å²) in [6, 6.07) is 5.80. The molecule has 0 saturated heterocycles. The van der Waals surface area contributed by atoms with Gasteiger partial charge < -0.3 is 10.6 Å². The quantitative estimate of drug-likeness (QED) is 0.817. The van der Waals surface area contributed by atoms with Gasteiger partial charge in [-0.15, -0.1) is 0 Å². The summed E-state index contributed by atoms with van der Waals surface area (Å²) < 4.78 is 0. The van der Waals surface area contributed by atoms with E-state index in [2.05, 4.69) is 17.6 Å². The summed E-state index contributed by atoms with van der Waals surface area (Å²) in [7, 11) is 1.87. The molecule has 3 nitrogen and oxygen atoms in total. The molecule has 1 saturated carbocycles. The fourth-order valence-electron chi connectivity index (χ4n) is 1.73. The van der Waals surface area contributed by atoms with Crippen molar-refractivity contribution in [3.05, 3.63) is 29.3 Å².